The summed E-state index contributed by atoms with van der Waals surface area (Å²) >= 11 is 0. The molecule has 1 saturated heterocycles. The Morgan fingerprint density at radius 2 is 1.86 bits per heavy atom. The van der Waals surface area contributed by atoms with Crippen molar-refractivity contribution in [2.75, 3.05) is 31.1 Å². The molecule has 0 saturated carbocycles. The fraction of sp³-hybridized carbons (Fsp3) is 0.417. The lowest BCUT2D eigenvalue weighted by molar-refractivity contribution is 0.379. The van der Waals surface area contributed by atoms with Crippen LogP contribution in [0.15, 0.2) is 54.7 Å². The lowest BCUT2D eigenvalue weighted by Crippen LogP contribution is -2.38. The molecule has 146 valence electrons. The molecule has 0 bridgehead atoms. The van der Waals surface area contributed by atoms with E-state index in [0.29, 0.717) is 0 Å². The van der Waals surface area contributed by atoms with E-state index in [2.05, 4.69) is 64.6 Å². The van der Waals surface area contributed by atoms with Crippen molar-refractivity contribution in [2.45, 2.75) is 32.6 Å². The first kappa shape index (κ1) is 18.9. The maximum Gasteiger partial charge on any atom is 0.225 e. The van der Waals surface area contributed by atoms with Crippen LogP contribution in [0.3, 0.4) is 0 Å². The van der Waals surface area contributed by atoms with Crippen LogP contribution in [0.2, 0.25) is 0 Å². The summed E-state index contributed by atoms with van der Waals surface area (Å²) < 4.78 is 0. The molecule has 0 atom stereocenters. The van der Waals surface area contributed by atoms with Gasteiger partial charge in [-0.15, -0.1) is 0 Å². The molecule has 1 fully saturated rings. The van der Waals surface area contributed by atoms with Crippen LogP contribution in [-0.4, -0.2) is 36.1 Å². The Labute approximate surface area is 168 Å². The Morgan fingerprint density at radius 1 is 1.04 bits per heavy atom. The summed E-state index contributed by atoms with van der Waals surface area (Å²) in [7, 11) is 0. The minimum absolute atomic E-state index is 0.775. The van der Waals surface area contributed by atoms with E-state index >= 15 is 0 Å². The van der Waals surface area contributed by atoms with E-state index in [4.69, 9.17) is 4.98 Å². The Bertz CT molecular complexity index is 900. The molecule has 0 amide bonds. The van der Waals surface area contributed by atoms with E-state index < -0.39 is 0 Å². The third kappa shape index (κ3) is 4.50. The molecule has 2 aromatic carbocycles. The van der Waals surface area contributed by atoms with Gasteiger partial charge in [0.05, 0.1) is 5.69 Å². The minimum atomic E-state index is 0.775. The number of fused-ring (bicyclic) bond motifs is 1. The molecular formula is C24H30N4. The van der Waals surface area contributed by atoms with Crippen LogP contribution in [0, 0.1) is 5.92 Å². The van der Waals surface area contributed by atoms with Crippen LogP contribution in [0.4, 0.5) is 5.95 Å². The molecule has 3 aromatic rings. The molecule has 0 spiro atoms. The molecule has 1 aliphatic rings. The number of piperidine rings is 1. The van der Waals surface area contributed by atoms with Crippen molar-refractivity contribution in [1.82, 2.24) is 15.3 Å². The summed E-state index contributed by atoms with van der Waals surface area (Å²) in [5.41, 5.74) is 2.15. The molecule has 0 aliphatic carbocycles. The highest BCUT2D eigenvalue weighted by molar-refractivity contribution is 5.86. The van der Waals surface area contributed by atoms with Crippen LogP contribution >= 0.6 is 0 Å². The monoisotopic (exact) mass is 374 g/mol. The molecule has 4 nitrogen and oxygen atoms in total. The topological polar surface area (TPSA) is 41.0 Å². The molecule has 4 rings (SSSR count). The highest BCUT2D eigenvalue weighted by Gasteiger charge is 2.21. The summed E-state index contributed by atoms with van der Waals surface area (Å²) in [6.45, 7) is 6.62. The molecule has 2 heterocycles. The zero-order valence-corrected chi connectivity index (χ0v) is 16.8. The molecule has 1 aliphatic heterocycles. The number of rotatable bonds is 7. The van der Waals surface area contributed by atoms with E-state index in [-0.39, 0.29) is 0 Å². The third-order valence-corrected chi connectivity index (χ3v) is 5.73. The largest absolute Gasteiger partial charge is 0.341 e. The normalized spacial score (nSPS) is 15.2. The van der Waals surface area contributed by atoms with Gasteiger partial charge in [-0.05, 0) is 61.2 Å². The van der Waals surface area contributed by atoms with Crippen molar-refractivity contribution in [3.05, 3.63) is 54.7 Å². The molecule has 0 unspecified atom stereocenters. The average molecular weight is 375 g/mol. The quantitative estimate of drug-likeness (QED) is 0.597. The molecular weight excluding hydrogens is 344 g/mol. The summed E-state index contributed by atoms with van der Waals surface area (Å²) in [6, 6.07) is 17.0. The molecule has 28 heavy (non-hydrogen) atoms. The highest BCUT2D eigenvalue weighted by Crippen LogP contribution is 2.25. The van der Waals surface area contributed by atoms with Crippen molar-refractivity contribution in [1.29, 1.82) is 0 Å². The average Bonchev–Trinajstić information content (AvgIpc) is 2.77. The van der Waals surface area contributed by atoms with Crippen LogP contribution in [0.5, 0.6) is 0 Å². The second-order valence-corrected chi connectivity index (χ2v) is 7.79. The van der Waals surface area contributed by atoms with E-state index in [1.165, 1.54) is 36.5 Å². The number of benzene rings is 2. The smallest absolute Gasteiger partial charge is 0.225 e. The third-order valence-electron chi connectivity index (χ3n) is 5.73. The maximum atomic E-state index is 4.88. The van der Waals surface area contributed by atoms with E-state index in [9.17, 15) is 0 Å². The first-order valence-corrected chi connectivity index (χ1v) is 10.6. The van der Waals surface area contributed by atoms with Gasteiger partial charge in [0.25, 0.3) is 0 Å². The molecule has 0 radical (unpaired) electrons. The van der Waals surface area contributed by atoms with E-state index in [1.807, 2.05) is 12.3 Å². The lowest BCUT2D eigenvalue weighted by Gasteiger charge is -2.32. The number of nitrogens with one attached hydrogen (secondary N) is 1. The Hall–Kier alpha value is -2.46. The van der Waals surface area contributed by atoms with Crippen LogP contribution in [0.25, 0.3) is 22.0 Å². The van der Waals surface area contributed by atoms with Gasteiger partial charge in [-0.1, -0.05) is 49.7 Å². The number of hydrogen-bond donors (Lipinski definition) is 1. The van der Waals surface area contributed by atoms with Gasteiger partial charge in [0, 0.05) is 24.8 Å². The minimum Gasteiger partial charge on any atom is -0.341 e. The first-order valence-electron chi connectivity index (χ1n) is 10.6. The van der Waals surface area contributed by atoms with Gasteiger partial charge in [0.1, 0.15) is 0 Å². The highest BCUT2D eigenvalue weighted by atomic mass is 15.3. The van der Waals surface area contributed by atoms with Gasteiger partial charge in [-0.25, -0.2) is 9.97 Å². The van der Waals surface area contributed by atoms with Gasteiger partial charge in [-0.3, -0.25) is 0 Å². The maximum absolute atomic E-state index is 4.88. The van der Waals surface area contributed by atoms with Gasteiger partial charge in [0.2, 0.25) is 5.95 Å². The number of hydrogen-bond acceptors (Lipinski definition) is 4. The second-order valence-electron chi connectivity index (χ2n) is 7.79. The Balaban J connectivity index is 1.41. The fourth-order valence-corrected chi connectivity index (χ4v) is 3.96. The van der Waals surface area contributed by atoms with Crippen LogP contribution in [-0.2, 0) is 0 Å². The summed E-state index contributed by atoms with van der Waals surface area (Å²) in [6.07, 6.45) is 6.85. The molecule has 1 aromatic heterocycles. The number of anilines is 1. The predicted molar refractivity (Wildman–Crippen MR) is 118 cm³/mol. The Kier molecular flexibility index (Phi) is 6.17. The zero-order valence-electron chi connectivity index (χ0n) is 16.8. The zero-order chi connectivity index (χ0) is 19.2. The van der Waals surface area contributed by atoms with Crippen molar-refractivity contribution < 1.29 is 0 Å². The Morgan fingerprint density at radius 3 is 2.68 bits per heavy atom. The van der Waals surface area contributed by atoms with E-state index in [0.717, 1.165) is 49.3 Å². The first-order chi connectivity index (χ1) is 13.8. The van der Waals surface area contributed by atoms with Gasteiger partial charge in [-0.2, -0.15) is 0 Å². The van der Waals surface area contributed by atoms with Crippen LogP contribution in [0.1, 0.15) is 32.6 Å². The second kappa shape index (κ2) is 9.16. The van der Waals surface area contributed by atoms with Crippen molar-refractivity contribution in [2.24, 2.45) is 5.92 Å². The van der Waals surface area contributed by atoms with Crippen molar-refractivity contribution in [3.8, 4) is 11.3 Å². The lowest BCUT2D eigenvalue weighted by atomic mass is 9.97. The van der Waals surface area contributed by atoms with Gasteiger partial charge < -0.3 is 10.2 Å². The summed E-state index contributed by atoms with van der Waals surface area (Å²) in [5, 5.41) is 6.11. The standard InChI is InChI=1S/C24H30N4/c1-2-3-13-25-18-19-11-15-28(16-12-19)24-26-14-10-23(27-24)22-9-8-20-6-4-5-7-21(20)17-22/h4-10,14,17,19,25H,2-3,11-13,15-16,18H2,1H3. The molecule has 1 N–H and O–H groups in total. The predicted octanol–water partition coefficient (Wildman–Crippen LogP) is 4.90. The summed E-state index contributed by atoms with van der Waals surface area (Å²) in [4.78, 5) is 11.8. The van der Waals surface area contributed by atoms with Gasteiger partial charge in [0.15, 0.2) is 0 Å². The number of aromatic nitrogens is 2. The number of unbranched alkanes of at least 4 members (excludes halogenated alkanes) is 1. The fourth-order valence-electron chi connectivity index (χ4n) is 3.96. The number of nitrogens with zero attached hydrogens (tertiary/aromatic N) is 3. The van der Waals surface area contributed by atoms with Gasteiger partial charge >= 0.3 is 0 Å². The SMILES string of the molecule is CCCCNCC1CCN(c2nccc(-c3ccc4ccccc4c3)n2)CC1. The summed E-state index contributed by atoms with van der Waals surface area (Å²) in [5.74, 6) is 1.64. The van der Waals surface area contributed by atoms with Crippen molar-refractivity contribution >= 4 is 16.7 Å². The molecule has 4 heteroatoms. The van der Waals surface area contributed by atoms with Crippen LogP contribution < -0.4 is 10.2 Å². The van der Waals surface area contributed by atoms with E-state index in [1.54, 1.807) is 0 Å². The van der Waals surface area contributed by atoms with Crippen molar-refractivity contribution in [3.63, 3.8) is 0 Å².